The molecule has 2 nitrogen and oxygen atoms in total. The molecule has 1 saturated carbocycles. The van der Waals surface area contributed by atoms with Crippen LogP contribution in [0.1, 0.15) is 11.1 Å². The molecule has 1 saturated heterocycles. The molecule has 1 heterocycles. The van der Waals surface area contributed by atoms with Gasteiger partial charge in [-0.2, -0.15) is 0 Å². The summed E-state index contributed by atoms with van der Waals surface area (Å²) < 4.78 is 5.92. The zero-order chi connectivity index (χ0) is 11.1. The van der Waals surface area contributed by atoms with Crippen LogP contribution in [-0.4, -0.2) is 19.7 Å². The molecule has 1 aliphatic carbocycles. The lowest BCUT2D eigenvalue weighted by molar-refractivity contribution is 0.279. The lowest BCUT2D eigenvalue weighted by atomic mass is 10.1. The van der Waals surface area contributed by atoms with Crippen LogP contribution in [0.15, 0.2) is 18.2 Å². The minimum absolute atomic E-state index is 0.807. The number of benzene rings is 1. The summed E-state index contributed by atoms with van der Waals surface area (Å²) in [5.74, 6) is 3.65. The molecule has 2 fully saturated rings. The highest BCUT2D eigenvalue weighted by atomic mass is 16.5. The highest BCUT2D eigenvalue weighted by Crippen LogP contribution is 2.48. The highest BCUT2D eigenvalue weighted by molar-refractivity contribution is 5.35. The van der Waals surface area contributed by atoms with Gasteiger partial charge in [0.1, 0.15) is 5.75 Å². The van der Waals surface area contributed by atoms with Crippen molar-refractivity contribution in [3.63, 3.8) is 0 Å². The molecule has 0 aromatic heterocycles. The fraction of sp³-hybridized carbons (Fsp3) is 0.571. The second kappa shape index (κ2) is 3.77. The van der Waals surface area contributed by atoms with E-state index < -0.39 is 0 Å². The molecule has 0 radical (unpaired) electrons. The Balaban J connectivity index is 1.59. The monoisotopic (exact) mass is 217 g/mol. The third-order valence-corrected chi connectivity index (χ3v) is 4.03. The van der Waals surface area contributed by atoms with Gasteiger partial charge in [0.2, 0.25) is 0 Å². The topological polar surface area (TPSA) is 21.3 Å². The van der Waals surface area contributed by atoms with Gasteiger partial charge in [0.25, 0.3) is 0 Å². The first kappa shape index (κ1) is 10.2. The van der Waals surface area contributed by atoms with Crippen molar-refractivity contribution in [3.05, 3.63) is 29.3 Å². The van der Waals surface area contributed by atoms with E-state index in [-0.39, 0.29) is 0 Å². The van der Waals surface area contributed by atoms with E-state index in [1.165, 1.54) is 24.2 Å². The minimum Gasteiger partial charge on any atom is -0.493 e. The molecule has 2 aliphatic rings. The minimum atomic E-state index is 0.807. The van der Waals surface area contributed by atoms with Crippen LogP contribution in [0.2, 0.25) is 0 Å². The summed E-state index contributed by atoms with van der Waals surface area (Å²) in [6.45, 7) is 7.55. The zero-order valence-electron chi connectivity index (χ0n) is 9.99. The third kappa shape index (κ3) is 1.71. The second-order valence-electron chi connectivity index (χ2n) is 5.23. The van der Waals surface area contributed by atoms with Crippen molar-refractivity contribution >= 4 is 0 Å². The van der Waals surface area contributed by atoms with Crippen LogP contribution in [0.4, 0.5) is 0 Å². The average Bonchev–Trinajstić information content (AvgIpc) is 2.71. The number of ether oxygens (including phenoxy) is 1. The van der Waals surface area contributed by atoms with E-state index in [0.29, 0.717) is 0 Å². The van der Waals surface area contributed by atoms with Crippen molar-refractivity contribution in [2.75, 3.05) is 19.7 Å². The smallest absolute Gasteiger partial charge is 0.122 e. The molecule has 2 unspecified atom stereocenters. The van der Waals surface area contributed by atoms with Gasteiger partial charge in [-0.05, 0) is 50.4 Å². The molecule has 1 aliphatic heterocycles. The lowest BCUT2D eigenvalue weighted by Crippen LogP contribution is -2.17. The molecule has 0 spiro atoms. The Kier molecular flexibility index (Phi) is 2.40. The Hall–Kier alpha value is -1.02. The van der Waals surface area contributed by atoms with Crippen LogP contribution in [0.25, 0.3) is 0 Å². The van der Waals surface area contributed by atoms with Crippen LogP contribution in [-0.2, 0) is 0 Å². The number of aryl methyl sites for hydroxylation is 2. The van der Waals surface area contributed by atoms with Crippen LogP contribution in [0.5, 0.6) is 5.75 Å². The summed E-state index contributed by atoms with van der Waals surface area (Å²) in [7, 11) is 0. The van der Waals surface area contributed by atoms with Gasteiger partial charge < -0.3 is 10.1 Å². The van der Waals surface area contributed by atoms with Crippen LogP contribution < -0.4 is 10.1 Å². The molecule has 2 atom stereocenters. The van der Waals surface area contributed by atoms with E-state index in [1.54, 1.807) is 0 Å². The first-order valence-corrected chi connectivity index (χ1v) is 6.16. The summed E-state index contributed by atoms with van der Waals surface area (Å²) in [4.78, 5) is 0. The lowest BCUT2D eigenvalue weighted by Gasteiger charge is -2.10. The van der Waals surface area contributed by atoms with Crippen molar-refractivity contribution in [2.24, 2.45) is 17.8 Å². The van der Waals surface area contributed by atoms with Gasteiger partial charge in [0.05, 0.1) is 6.61 Å². The summed E-state index contributed by atoms with van der Waals surface area (Å²) in [5.41, 5.74) is 2.56. The Bertz CT molecular complexity index is 392. The summed E-state index contributed by atoms with van der Waals surface area (Å²) in [5, 5.41) is 3.41. The molecule has 86 valence electrons. The van der Waals surface area contributed by atoms with Gasteiger partial charge in [-0.15, -0.1) is 0 Å². The van der Waals surface area contributed by atoms with Crippen molar-refractivity contribution in [3.8, 4) is 5.75 Å². The SMILES string of the molecule is Cc1ccc(OCC2C3CNCC32)c(C)c1. The highest BCUT2D eigenvalue weighted by Gasteiger charge is 2.52. The molecule has 1 aromatic carbocycles. The summed E-state index contributed by atoms with van der Waals surface area (Å²) in [6, 6.07) is 6.41. The van der Waals surface area contributed by atoms with Gasteiger partial charge in [0.15, 0.2) is 0 Å². The molecule has 16 heavy (non-hydrogen) atoms. The largest absolute Gasteiger partial charge is 0.493 e. The van der Waals surface area contributed by atoms with E-state index in [2.05, 4.69) is 37.4 Å². The summed E-state index contributed by atoms with van der Waals surface area (Å²) >= 11 is 0. The van der Waals surface area contributed by atoms with Gasteiger partial charge in [-0.25, -0.2) is 0 Å². The number of fused-ring (bicyclic) bond motifs is 1. The quantitative estimate of drug-likeness (QED) is 0.837. The molecule has 1 N–H and O–H groups in total. The molecule has 0 bridgehead atoms. The van der Waals surface area contributed by atoms with Gasteiger partial charge in [0, 0.05) is 5.92 Å². The second-order valence-corrected chi connectivity index (χ2v) is 5.23. The number of hydrogen-bond acceptors (Lipinski definition) is 2. The van der Waals surface area contributed by atoms with Gasteiger partial charge in [-0.3, -0.25) is 0 Å². The fourth-order valence-electron chi connectivity index (χ4n) is 2.94. The maximum absolute atomic E-state index is 5.92. The maximum Gasteiger partial charge on any atom is 0.122 e. The van der Waals surface area contributed by atoms with Crippen LogP contribution >= 0.6 is 0 Å². The fourth-order valence-corrected chi connectivity index (χ4v) is 2.94. The Morgan fingerprint density at radius 2 is 2.00 bits per heavy atom. The van der Waals surface area contributed by atoms with Crippen LogP contribution in [0, 0.1) is 31.6 Å². The van der Waals surface area contributed by atoms with Crippen molar-refractivity contribution < 1.29 is 4.74 Å². The average molecular weight is 217 g/mol. The molecular formula is C14H19NO. The third-order valence-electron chi connectivity index (χ3n) is 4.03. The van der Waals surface area contributed by atoms with E-state index in [4.69, 9.17) is 4.74 Å². The predicted octanol–water partition coefficient (Wildman–Crippen LogP) is 2.15. The van der Waals surface area contributed by atoms with Gasteiger partial charge in [-0.1, -0.05) is 17.7 Å². The molecule has 2 heteroatoms. The standard InChI is InChI=1S/C14H19NO/c1-9-3-4-14(10(2)5-9)16-8-13-11-6-15-7-12(11)13/h3-5,11-13,15H,6-8H2,1-2H3. The van der Waals surface area contributed by atoms with Gasteiger partial charge >= 0.3 is 0 Å². The number of hydrogen-bond donors (Lipinski definition) is 1. The van der Waals surface area contributed by atoms with Crippen LogP contribution in [0.3, 0.4) is 0 Å². The molecular weight excluding hydrogens is 198 g/mol. The first-order valence-electron chi connectivity index (χ1n) is 6.16. The number of piperidine rings is 1. The van der Waals surface area contributed by atoms with E-state index in [9.17, 15) is 0 Å². The Morgan fingerprint density at radius 1 is 1.25 bits per heavy atom. The number of nitrogens with one attached hydrogen (secondary N) is 1. The number of rotatable bonds is 3. The first-order chi connectivity index (χ1) is 7.75. The van der Waals surface area contributed by atoms with E-state index in [1.807, 2.05) is 0 Å². The Labute approximate surface area is 97.0 Å². The zero-order valence-corrected chi connectivity index (χ0v) is 9.99. The van der Waals surface area contributed by atoms with Crippen molar-refractivity contribution in [1.82, 2.24) is 5.32 Å². The van der Waals surface area contributed by atoms with Crippen molar-refractivity contribution in [2.45, 2.75) is 13.8 Å². The van der Waals surface area contributed by atoms with Crippen molar-refractivity contribution in [1.29, 1.82) is 0 Å². The Morgan fingerprint density at radius 3 is 2.69 bits per heavy atom. The maximum atomic E-state index is 5.92. The normalized spacial score (nSPS) is 31.2. The molecule has 1 aromatic rings. The summed E-state index contributed by atoms with van der Waals surface area (Å²) in [6.07, 6.45) is 0. The molecule has 0 amide bonds. The molecule has 3 rings (SSSR count). The van der Waals surface area contributed by atoms with E-state index in [0.717, 1.165) is 30.1 Å². The van der Waals surface area contributed by atoms with E-state index >= 15 is 0 Å². The predicted molar refractivity (Wildman–Crippen MR) is 64.8 cm³/mol.